The fourth-order valence-electron chi connectivity index (χ4n) is 2.15. The molecule has 2 rings (SSSR count). The molecule has 1 spiro atoms. The molecule has 0 aromatic heterocycles. The van der Waals surface area contributed by atoms with Gasteiger partial charge in [-0.25, -0.2) is 0 Å². The van der Waals surface area contributed by atoms with E-state index in [1.165, 1.54) is 19.3 Å². The zero-order valence-corrected chi connectivity index (χ0v) is 7.51. The van der Waals surface area contributed by atoms with E-state index in [1.807, 2.05) is 4.90 Å². The molecule has 1 aliphatic carbocycles. The summed E-state index contributed by atoms with van der Waals surface area (Å²) < 4.78 is 4.79. The van der Waals surface area contributed by atoms with Crippen LogP contribution in [0.3, 0.4) is 0 Å². The quantitative estimate of drug-likeness (QED) is 0.607. The van der Waals surface area contributed by atoms with E-state index in [0.29, 0.717) is 5.41 Å². The fourth-order valence-corrected chi connectivity index (χ4v) is 2.15. The lowest BCUT2D eigenvalue weighted by Gasteiger charge is -2.55. The molecule has 0 aromatic carbocycles. The van der Waals surface area contributed by atoms with Crippen molar-refractivity contribution in [2.24, 2.45) is 5.41 Å². The first-order chi connectivity index (χ1) is 5.76. The number of nitrogens with zero attached hydrogens (tertiary/aromatic N) is 1. The van der Waals surface area contributed by atoms with Crippen molar-refractivity contribution in [3.8, 4) is 0 Å². The van der Waals surface area contributed by atoms with Gasteiger partial charge in [-0.05, 0) is 12.8 Å². The van der Waals surface area contributed by atoms with Crippen LogP contribution in [0.4, 0.5) is 0 Å². The van der Waals surface area contributed by atoms with E-state index in [2.05, 4.69) is 0 Å². The van der Waals surface area contributed by atoms with Crippen molar-refractivity contribution < 1.29 is 9.53 Å². The summed E-state index contributed by atoms with van der Waals surface area (Å²) in [5.41, 5.74) is 0.545. The standard InChI is InChI=1S/C9H15NO2/c1-12-5-8(11)10-6-9(7-10)3-2-4-9/h2-7H2,1H3. The average molecular weight is 169 g/mol. The van der Waals surface area contributed by atoms with Crippen molar-refractivity contribution in [2.45, 2.75) is 19.3 Å². The first-order valence-electron chi connectivity index (χ1n) is 4.52. The highest BCUT2D eigenvalue weighted by Gasteiger charge is 2.48. The highest BCUT2D eigenvalue weighted by atomic mass is 16.5. The molecule has 3 nitrogen and oxygen atoms in total. The number of ether oxygens (including phenoxy) is 1. The van der Waals surface area contributed by atoms with Gasteiger partial charge in [-0.2, -0.15) is 0 Å². The Hall–Kier alpha value is -0.570. The van der Waals surface area contributed by atoms with Crippen molar-refractivity contribution >= 4 is 5.91 Å². The van der Waals surface area contributed by atoms with Crippen LogP contribution < -0.4 is 0 Å². The number of methoxy groups -OCH3 is 1. The summed E-state index contributed by atoms with van der Waals surface area (Å²) in [5.74, 6) is 0.148. The molecule has 0 unspecified atom stereocenters. The molecule has 1 saturated heterocycles. The van der Waals surface area contributed by atoms with Crippen molar-refractivity contribution in [3.63, 3.8) is 0 Å². The van der Waals surface area contributed by atoms with E-state index < -0.39 is 0 Å². The Morgan fingerprint density at radius 3 is 2.58 bits per heavy atom. The van der Waals surface area contributed by atoms with E-state index in [-0.39, 0.29) is 12.5 Å². The third kappa shape index (κ3) is 1.12. The Bertz CT molecular complexity index is 191. The maximum absolute atomic E-state index is 11.3. The van der Waals surface area contributed by atoms with Gasteiger partial charge in [-0.1, -0.05) is 6.42 Å². The molecular formula is C9H15NO2. The summed E-state index contributed by atoms with van der Waals surface area (Å²) in [6, 6.07) is 0. The number of amides is 1. The van der Waals surface area contributed by atoms with Gasteiger partial charge in [0.25, 0.3) is 0 Å². The Morgan fingerprint density at radius 1 is 1.50 bits per heavy atom. The van der Waals surface area contributed by atoms with Crippen molar-refractivity contribution in [1.82, 2.24) is 4.90 Å². The van der Waals surface area contributed by atoms with Crippen LogP contribution in [0.2, 0.25) is 0 Å². The molecule has 0 radical (unpaired) electrons. The van der Waals surface area contributed by atoms with E-state index in [9.17, 15) is 4.79 Å². The Labute approximate surface area is 72.7 Å². The zero-order chi connectivity index (χ0) is 8.60. The number of hydrogen-bond acceptors (Lipinski definition) is 2. The van der Waals surface area contributed by atoms with Crippen molar-refractivity contribution in [2.75, 3.05) is 26.8 Å². The number of carbonyl (C=O) groups is 1. The van der Waals surface area contributed by atoms with Crippen LogP contribution in [0.1, 0.15) is 19.3 Å². The van der Waals surface area contributed by atoms with Crippen LogP contribution >= 0.6 is 0 Å². The molecule has 2 fully saturated rings. The molecule has 1 amide bonds. The first kappa shape index (κ1) is 8.05. The molecule has 0 N–H and O–H groups in total. The van der Waals surface area contributed by atoms with Gasteiger partial charge in [0, 0.05) is 25.6 Å². The van der Waals surface area contributed by atoms with Crippen molar-refractivity contribution in [1.29, 1.82) is 0 Å². The largest absolute Gasteiger partial charge is 0.375 e. The number of hydrogen-bond donors (Lipinski definition) is 0. The Morgan fingerprint density at radius 2 is 2.17 bits per heavy atom. The first-order valence-corrected chi connectivity index (χ1v) is 4.52. The molecule has 68 valence electrons. The fraction of sp³-hybridized carbons (Fsp3) is 0.889. The summed E-state index contributed by atoms with van der Waals surface area (Å²) in [5, 5.41) is 0. The number of likely N-dealkylation sites (tertiary alicyclic amines) is 1. The molecule has 1 heterocycles. The van der Waals surface area contributed by atoms with Gasteiger partial charge in [0.1, 0.15) is 6.61 Å². The smallest absolute Gasteiger partial charge is 0.248 e. The lowest BCUT2D eigenvalue weighted by atomic mass is 9.63. The highest BCUT2D eigenvalue weighted by molar-refractivity contribution is 5.78. The third-order valence-electron chi connectivity index (χ3n) is 3.09. The summed E-state index contributed by atoms with van der Waals surface area (Å²) in [6.45, 7) is 2.21. The molecule has 2 aliphatic rings. The molecule has 1 aliphatic heterocycles. The second-order valence-corrected chi connectivity index (χ2v) is 4.04. The highest BCUT2D eigenvalue weighted by Crippen LogP contribution is 2.47. The average Bonchev–Trinajstić information content (AvgIpc) is 1.81. The van der Waals surface area contributed by atoms with Gasteiger partial charge in [0.2, 0.25) is 5.91 Å². The monoisotopic (exact) mass is 169 g/mol. The predicted octanol–water partition coefficient (Wildman–Crippen LogP) is 0.645. The molecule has 3 heteroatoms. The summed E-state index contributed by atoms with van der Waals surface area (Å²) in [7, 11) is 1.57. The summed E-state index contributed by atoms with van der Waals surface area (Å²) >= 11 is 0. The topological polar surface area (TPSA) is 29.5 Å². The van der Waals surface area contributed by atoms with Gasteiger partial charge >= 0.3 is 0 Å². The predicted molar refractivity (Wildman–Crippen MR) is 44.7 cm³/mol. The van der Waals surface area contributed by atoms with Crippen LogP contribution in [0.25, 0.3) is 0 Å². The van der Waals surface area contributed by atoms with Crippen LogP contribution in [0, 0.1) is 5.41 Å². The lowest BCUT2D eigenvalue weighted by molar-refractivity contribution is -0.153. The van der Waals surface area contributed by atoms with Crippen LogP contribution in [0.5, 0.6) is 0 Å². The Balaban J connectivity index is 1.76. The third-order valence-corrected chi connectivity index (χ3v) is 3.09. The van der Waals surface area contributed by atoms with Gasteiger partial charge in [-0.3, -0.25) is 4.79 Å². The van der Waals surface area contributed by atoms with E-state index in [1.54, 1.807) is 7.11 Å². The van der Waals surface area contributed by atoms with Gasteiger partial charge < -0.3 is 9.64 Å². The minimum Gasteiger partial charge on any atom is -0.375 e. The zero-order valence-electron chi connectivity index (χ0n) is 7.51. The van der Waals surface area contributed by atoms with Gasteiger partial charge in [0.15, 0.2) is 0 Å². The molecular weight excluding hydrogens is 154 g/mol. The van der Waals surface area contributed by atoms with Crippen LogP contribution in [-0.2, 0) is 9.53 Å². The van der Waals surface area contributed by atoms with Gasteiger partial charge in [-0.15, -0.1) is 0 Å². The number of carbonyl (C=O) groups excluding carboxylic acids is 1. The maximum Gasteiger partial charge on any atom is 0.248 e. The lowest BCUT2D eigenvalue weighted by Crippen LogP contribution is -2.62. The summed E-state index contributed by atoms with van der Waals surface area (Å²) in [6.07, 6.45) is 4.00. The van der Waals surface area contributed by atoms with Crippen LogP contribution in [0.15, 0.2) is 0 Å². The molecule has 12 heavy (non-hydrogen) atoms. The molecule has 0 bridgehead atoms. The SMILES string of the molecule is COCC(=O)N1CC2(CCC2)C1. The maximum atomic E-state index is 11.3. The second-order valence-electron chi connectivity index (χ2n) is 4.04. The van der Waals surface area contributed by atoms with E-state index in [0.717, 1.165) is 13.1 Å². The normalized spacial score (nSPS) is 24.9. The summed E-state index contributed by atoms with van der Waals surface area (Å²) in [4.78, 5) is 13.2. The Kier molecular flexibility index (Phi) is 1.83. The molecule has 0 atom stereocenters. The minimum absolute atomic E-state index is 0.148. The molecule has 1 saturated carbocycles. The van der Waals surface area contributed by atoms with Crippen LogP contribution in [-0.4, -0.2) is 37.6 Å². The van der Waals surface area contributed by atoms with E-state index in [4.69, 9.17) is 4.74 Å². The number of rotatable bonds is 2. The van der Waals surface area contributed by atoms with Gasteiger partial charge in [0.05, 0.1) is 0 Å². The van der Waals surface area contributed by atoms with Crippen molar-refractivity contribution in [3.05, 3.63) is 0 Å². The second kappa shape index (κ2) is 2.73. The van der Waals surface area contributed by atoms with E-state index >= 15 is 0 Å². The minimum atomic E-state index is 0.148. The molecule has 0 aromatic rings.